The lowest BCUT2D eigenvalue weighted by Gasteiger charge is -2.15. The first-order chi connectivity index (χ1) is 18.3. The molecule has 4 rings (SSSR count). The van der Waals surface area contributed by atoms with Crippen LogP contribution in [0.2, 0.25) is 0 Å². The number of hydrogen-bond acceptors (Lipinski definition) is 5. The number of nitrogens with zero attached hydrogens (tertiary/aromatic N) is 1. The van der Waals surface area contributed by atoms with Crippen molar-refractivity contribution in [1.82, 2.24) is 9.29 Å². The van der Waals surface area contributed by atoms with E-state index in [1.165, 1.54) is 24.3 Å². The molecule has 0 aliphatic carbocycles. The molecule has 3 aromatic carbocycles. The van der Waals surface area contributed by atoms with Crippen molar-refractivity contribution in [2.75, 3.05) is 13.7 Å². The molecule has 196 valence electrons. The number of carboxylic acids is 1. The Labute approximate surface area is 221 Å². The number of ether oxygens (including phenoxy) is 2. The van der Waals surface area contributed by atoms with E-state index in [2.05, 4.69) is 16.6 Å². The van der Waals surface area contributed by atoms with Crippen LogP contribution in [0.3, 0.4) is 0 Å². The molecule has 4 aromatic rings. The Morgan fingerprint density at radius 2 is 1.71 bits per heavy atom. The molecule has 0 aliphatic rings. The van der Waals surface area contributed by atoms with Gasteiger partial charge in [0.1, 0.15) is 24.1 Å². The molecule has 1 heterocycles. The minimum atomic E-state index is -4.10. The van der Waals surface area contributed by atoms with Crippen molar-refractivity contribution < 1.29 is 27.8 Å². The predicted octanol–water partition coefficient (Wildman–Crippen LogP) is 4.07. The van der Waals surface area contributed by atoms with Gasteiger partial charge in [0.05, 0.1) is 12.0 Å². The van der Waals surface area contributed by atoms with Crippen LogP contribution in [0.1, 0.15) is 18.1 Å². The maximum atomic E-state index is 13.0. The molecule has 0 bridgehead atoms. The number of sulfonamides is 1. The summed E-state index contributed by atoms with van der Waals surface area (Å²) >= 11 is 0. The molecule has 0 spiro atoms. The lowest BCUT2D eigenvalue weighted by atomic mass is 10.1. The summed E-state index contributed by atoms with van der Waals surface area (Å²) in [4.78, 5) is 12.1. The molecular weight excluding hydrogens is 504 g/mol. The van der Waals surface area contributed by atoms with Crippen molar-refractivity contribution in [1.29, 1.82) is 0 Å². The Bertz CT molecular complexity index is 1580. The first-order valence-corrected chi connectivity index (χ1v) is 13.4. The van der Waals surface area contributed by atoms with Gasteiger partial charge in [-0.05, 0) is 60.5 Å². The molecule has 0 fully saturated rings. The van der Waals surface area contributed by atoms with Crippen LogP contribution in [0.15, 0.2) is 83.9 Å². The molecule has 0 aliphatic heterocycles. The fourth-order valence-electron chi connectivity index (χ4n) is 4.11. The molecule has 0 saturated heterocycles. The summed E-state index contributed by atoms with van der Waals surface area (Å²) in [5.74, 6) is 5.43. The highest BCUT2D eigenvalue weighted by Crippen LogP contribution is 2.25. The second kappa shape index (κ2) is 11.9. The van der Waals surface area contributed by atoms with Crippen LogP contribution in [0.5, 0.6) is 11.5 Å². The van der Waals surface area contributed by atoms with E-state index in [9.17, 15) is 18.3 Å². The SMILES string of the molecule is CC#CCOc1ccc(S(=O)(=O)N[C@@H](Cc2cn(Cc3ccc(OC)cc3)c3ccccc23)C(=O)O)cc1. The van der Waals surface area contributed by atoms with Gasteiger partial charge in [0.15, 0.2) is 0 Å². The lowest BCUT2D eigenvalue weighted by Crippen LogP contribution is -2.42. The number of methoxy groups -OCH3 is 1. The lowest BCUT2D eigenvalue weighted by molar-refractivity contribution is -0.138. The highest BCUT2D eigenvalue weighted by atomic mass is 32.2. The predicted molar refractivity (Wildman–Crippen MR) is 145 cm³/mol. The number of rotatable bonds is 11. The van der Waals surface area contributed by atoms with Crippen LogP contribution >= 0.6 is 0 Å². The summed E-state index contributed by atoms with van der Waals surface area (Å²) in [6.45, 7) is 2.45. The maximum absolute atomic E-state index is 13.0. The smallest absolute Gasteiger partial charge is 0.322 e. The van der Waals surface area contributed by atoms with Crippen molar-refractivity contribution >= 4 is 26.9 Å². The van der Waals surface area contributed by atoms with Gasteiger partial charge in [0, 0.05) is 30.1 Å². The fourth-order valence-corrected chi connectivity index (χ4v) is 5.29. The summed E-state index contributed by atoms with van der Waals surface area (Å²) in [6.07, 6.45) is 1.85. The molecule has 1 atom stereocenters. The quantitative estimate of drug-likeness (QED) is 0.282. The molecular formula is C29H28N2O6S. The third kappa shape index (κ3) is 6.35. The third-order valence-corrected chi connectivity index (χ3v) is 7.51. The van der Waals surface area contributed by atoms with Gasteiger partial charge in [-0.2, -0.15) is 4.72 Å². The van der Waals surface area contributed by atoms with E-state index < -0.39 is 22.0 Å². The van der Waals surface area contributed by atoms with E-state index in [4.69, 9.17) is 9.47 Å². The summed E-state index contributed by atoms with van der Waals surface area (Å²) in [5, 5.41) is 10.8. The van der Waals surface area contributed by atoms with Gasteiger partial charge in [0.2, 0.25) is 10.0 Å². The van der Waals surface area contributed by atoms with E-state index in [0.717, 1.165) is 27.8 Å². The Hall–Kier alpha value is -4.26. The minimum absolute atomic E-state index is 0.0262. The number of fused-ring (bicyclic) bond motifs is 1. The molecule has 38 heavy (non-hydrogen) atoms. The number of carboxylic acid groups (broad SMARTS) is 1. The molecule has 8 nitrogen and oxygen atoms in total. The van der Waals surface area contributed by atoms with Crippen molar-refractivity contribution in [3.63, 3.8) is 0 Å². The fraction of sp³-hybridized carbons (Fsp3) is 0.207. The Morgan fingerprint density at radius 3 is 2.37 bits per heavy atom. The van der Waals surface area contributed by atoms with Crippen molar-refractivity contribution in [2.24, 2.45) is 0 Å². The van der Waals surface area contributed by atoms with E-state index in [1.807, 2.05) is 59.3 Å². The van der Waals surface area contributed by atoms with Crippen LogP contribution in [0.4, 0.5) is 0 Å². The van der Waals surface area contributed by atoms with Crippen LogP contribution in [-0.4, -0.2) is 43.8 Å². The Kier molecular flexibility index (Phi) is 8.36. The van der Waals surface area contributed by atoms with Gasteiger partial charge in [-0.3, -0.25) is 4.79 Å². The summed E-state index contributed by atoms with van der Waals surface area (Å²) in [6, 6.07) is 19.7. The number of aliphatic carboxylic acids is 1. The second-order valence-electron chi connectivity index (χ2n) is 8.55. The van der Waals surface area contributed by atoms with Gasteiger partial charge in [-0.1, -0.05) is 36.3 Å². The van der Waals surface area contributed by atoms with E-state index in [-0.39, 0.29) is 17.9 Å². The number of para-hydroxylation sites is 1. The molecule has 0 saturated carbocycles. The topological polar surface area (TPSA) is 107 Å². The average Bonchev–Trinajstić information content (AvgIpc) is 3.26. The molecule has 2 N–H and O–H groups in total. The molecule has 1 aromatic heterocycles. The molecule has 9 heteroatoms. The van der Waals surface area contributed by atoms with Gasteiger partial charge >= 0.3 is 5.97 Å². The highest BCUT2D eigenvalue weighted by Gasteiger charge is 2.27. The Morgan fingerprint density at radius 1 is 1.03 bits per heavy atom. The first-order valence-electron chi connectivity index (χ1n) is 11.9. The third-order valence-electron chi connectivity index (χ3n) is 6.02. The summed E-state index contributed by atoms with van der Waals surface area (Å²) in [5.41, 5.74) is 2.70. The first kappa shape index (κ1) is 26.8. The number of carbonyl (C=O) groups is 1. The van der Waals surface area contributed by atoms with Gasteiger partial charge in [-0.25, -0.2) is 8.42 Å². The zero-order chi connectivity index (χ0) is 27.1. The number of benzene rings is 3. The zero-order valence-electron chi connectivity index (χ0n) is 21.0. The summed E-state index contributed by atoms with van der Waals surface area (Å²) in [7, 11) is -2.49. The number of hydrogen-bond donors (Lipinski definition) is 2. The van der Waals surface area contributed by atoms with Crippen molar-refractivity contribution in [3.8, 4) is 23.3 Å². The van der Waals surface area contributed by atoms with Gasteiger partial charge in [0.25, 0.3) is 0 Å². The minimum Gasteiger partial charge on any atom is -0.497 e. The summed E-state index contributed by atoms with van der Waals surface area (Å²) < 4.78 is 41.1. The number of nitrogens with one attached hydrogen (secondary N) is 1. The molecule has 0 unspecified atom stereocenters. The molecule has 0 amide bonds. The van der Waals surface area contributed by atoms with Gasteiger partial charge < -0.3 is 19.1 Å². The van der Waals surface area contributed by atoms with Crippen LogP contribution in [0.25, 0.3) is 10.9 Å². The monoisotopic (exact) mass is 532 g/mol. The molecule has 0 radical (unpaired) electrons. The highest BCUT2D eigenvalue weighted by molar-refractivity contribution is 7.89. The maximum Gasteiger partial charge on any atom is 0.322 e. The normalized spacial score (nSPS) is 11.9. The largest absolute Gasteiger partial charge is 0.497 e. The van der Waals surface area contributed by atoms with Gasteiger partial charge in [-0.15, -0.1) is 5.92 Å². The van der Waals surface area contributed by atoms with Crippen LogP contribution < -0.4 is 14.2 Å². The zero-order valence-corrected chi connectivity index (χ0v) is 21.9. The number of aromatic nitrogens is 1. The Balaban J connectivity index is 1.55. The average molecular weight is 533 g/mol. The van der Waals surface area contributed by atoms with E-state index in [1.54, 1.807) is 14.0 Å². The standard InChI is InChI=1S/C29H28N2O6S/c1-3-4-17-37-24-13-15-25(16-14-24)38(34,35)30-27(29(32)33)18-22-20-31(28-8-6-5-7-26(22)28)19-21-9-11-23(36-2)12-10-21/h5-16,20,27,30H,17-19H2,1-2H3,(H,32,33)/t27-/m0/s1. The van der Waals surface area contributed by atoms with Crippen molar-refractivity contribution in [3.05, 3.63) is 90.1 Å². The van der Waals surface area contributed by atoms with E-state index >= 15 is 0 Å². The van der Waals surface area contributed by atoms with Crippen LogP contribution in [0, 0.1) is 11.8 Å². The van der Waals surface area contributed by atoms with E-state index in [0.29, 0.717) is 12.3 Å². The second-order valence-corrected chi connectivity index (χ2v) is 10.3. The van der Waals surface area contributed by atoms with Crippen molar-refractivity contribution in [2.45, 2.75) is 30.8 Å². The van der Waals surface area contributed by atoms with Crippen LogP contribution in [-0.2, 0) is 27.8 Å².